The van der Waals surface area contributed by atoms with Gasteiger partial charge in [-0.25, -0.2) is 0 Å². The quantitative estimate of drug-likeness (QED) is 0.607. The van der Waals surface area contributed by atoms with Gasteiger partial charge in [0.1, 0.15) is 5.78 Å². The number of morpholine rings is 1. The number of ketones is 1. The van der Waals surface area contributed by atoms with E-state index in [1.54, 1.807) is 0 Å². The monoisotopic (exact) mass is 455 g/mol. The summed E-state index contributed by atoms with van der Waals surface area (Å²) in [4.78, 5) is 19.3. The molecule has 33 heavy (non-hydrogen) atoms. The van der Waals surface area contributed by atoms with Crippen LogP contribution in [0.2, 0.25) is 0 Å². The van der Waals surface area contributed by atoms with Crippen LogP contribution in [-0.4, -0.2) is 69.7 Å². The molecule has 3 aliphatic rings. The summed E-state index contributed by atoms with van der Waals surface area (Å²) >= 11 is 0. The van der Waals surface area contributed by atoms with Gasteiger partial charge in [-0.15, -0.1) is 0 Å². The lowest BCUT2D eigenvalue weighted by molar-refractivity contribution is -0.119. The summed E-state index contributed by atoms with van der Waals surface area (Å²) in [6.45, 7) is 19.9. The zero-order valence-electron chi connectivity index (χ0n) is 21.7. The first kappa shape index (κ1) is 24.5. The van der Waals surface area contributed by atoms with Crippen molar-refractivity contribution in [1.29, 1.82) is 0 Å². The fourth-order valence-corrected chi connectivity index (χ4v) is 6.75. The summed E-state index contributed by atoms with van der Waals surface area (Å²) in [7, 11) is 0. The Hall–Kier alpha value is -1.59. The molecule has 5 heteroatoms. The molecule has 0 unspecified atom stereocenters. The van der Waals surface area contributed by atoms with Gasteiger partial charge >= 0.3 is 0 Å². The largest absolute Gasteiger partial charge is 0.378 e. The van der Waals surface area contributed by atoms with Crippen LogP contribution in [0.15, 0.2) is 18.2 Å². The number of carbonyl (C=O) groups is 1. The van der Waals surface area contributed by atoms with Crippen molar-refractivity contribution in [3.05, 3.63) is 23.8 Å². The van der Waals surface area contributed by atoms with E-state index in [0.717, 1.165) is 52.5 Å². The minimum absolute atomic E-state index is 0.352. The Morgan fingerprint density at radius 3 is 2.18 bits per heavy atom. The van der Waals surface area contributed by atoms with Crippen molar-refractivity contribution in [2.45, 2.75) is 66.2 Å². The lowest BCUT2D eigenvalue weighted by Gasteiger charge is -2.46. The van der Waals surface area contributed by atoms with Crippen molar-refractivity contribution >= 4 is 17.2 Å². The zero-order chi connectivity index (χ0) is 23.6. The third-order valence-electron chi connectivity index (χ3n) is 7.89. The average Bonchev–Trinajstić information content (AvgIpc) is 2.78. The van der Waals surface area contributed by atoms with Crippen molar-refractivity contribution in [2.24, 2.45) is 10.8 Å². The Balaban J connectivity index is 1.60. The van der Waals surface area contributed by atoms with Crippen LogP contribution in [0.4, 0.5) is 11.4 Å². The van der Waals surface area contributed by atoms with E-state index in [1.807, 2.05) is 6.92 Å². The second kappa shape index (κ2) is 9.95. The van der Waals surface area contributed by atoms with E-state index in [9.17, 15) is 4.79 Å². The van der Waals surface area contributed by atoms with Gasteiger partial charge in [-0.2, -0.15) is 0 Å². The van der Waals surface area contributed by atoms with Gasteiger partial charge in [0, 0.05) is 57.1 Å². The molecule has 0 amide bonds. The molecule has 1 aliphatic carbocycles. The van der Waals surface area contributed by atoms with Gasteiger partial charge < -0.3 is 14.5 Å². The van der Waals surface area contributed by atoms with E-state index >= 15 is 0 Å². The molecule has 0 N–H and O–H groups in total. The second-order valence-corrected chi connectivity index (χ2v) is 12.1. The van der Waals surface area contributed by atoms with Crippen LogP contribution in [0.25, 0.3) is 0 Å². The third kappa shape index (κ3) is 6.10. The maximum atomic E-state index is 11.9. The second-order valence-electron chi connectivity index (χ2n) is 12.1. The summed E-state index contributed by atoms with van der Waals surface area (Å²) in [5.41, 5.74) is 5.03. The van der Waals surface area contributed by atoms with E-state index in [-0.39, 0.29) is 0 Å². The fourth-order valence-electron chi connectivity index (χ4n) is 6.75. The molecule has 0 atom stereocenters. The van der Waals surface area contributed by atoms with E-state index in [2.05, 4.69) is 60.6 Å². The highest BCUT2D eigenvalue weighted by molar-refractivity contribution is 5.80. The van der Waals surface area contributed by atoms with Crippen molar-refractivity contribution < 1.29 is 9.53 Å². The number of rotatable bonds is 6. The molecule has 3 fully saturated rings. The highest BCUT2D eigenvalue weighted by atomic mass is 16.5. The van der Waals surface area contributed by atoms with E-state index in [4.69, 9.17) is 4.74 Å². The molecule has 0 radical (unpaired) electrons. The summed E-state index contributed by atoms with van der Waals surface area (Å²) in [5.74, 6) is 0.935. The number of hydrogen-bond donors (Lipinski definition) is 0. The molecule has 2 aliphatic heterocycles. The minimum Gasteiger partial charge on any atom is -0.378 e. The molecule has 0 bridgehead atoms. The van der Waals surface area contributed by atoms with Crippen molar-refractivity contribution in [3.8, 4) is 0 Å². The first-order valence-corrected chi connectivity index (χ1v) is 13.1. The maximum absolute atomic E-state index is 11.9. The van der Waals surface area contributed by atoms with Gasteiger partial charge in [0.05, 0.1) is 19.8 Å². The predicted octanol–water partition coefficient (Wildman–Crippen LogP) is 4.94. The average molecular weight is 456 g/mol. The van der Waals surface area contributed by atoms with E-state index in [0.29, 0.717) is 35.5 Å². The molecule has 1 saturated carbocycles. The van der Waals surface area contributed by atoms with Crippen molar-refractivity contribution in [1.82, 2.24) is 4.90 Å². The molecule has 184 valence electrons. The van der Waals surface area contributed by atoms with Crippen molar-refractivity contribution in [2.75, 3.05) is 68.8 Å². The van der Waals surface area contributed by atoms with Crippen LogP contribution >= 0.6 is 0 Å². The Morgan fingerprint density at radius 1 is 0.939 bits per heavy atom. The number of anilines is 2. The Labute approximate surface area is 201 Å². The molecule has 5 nitrogen and oxygen atoms in total. The Morgan fingerprint density at radius 2 is 1.58 bits per heavy atom. The van der Waals surface area contributed by atoms with Gasteiger partial charge in [-0.05, 0) is 59.8 Å². The number of benzene rings is 1. The number of piperazine rings is 1. The number of nitrogens with zero attached hydrogens (tertiary/aromatic N) is 3. The maximum Gasteiger partial charge on any atom is 0.146 e. The smallest absolute Gasteiger partial charge is 0.146 e. The van der Waals surface area contributed by atoms with E-state index < -0.39 is 0 Å². The van der Waals surface area contributed by atoms with Crippen LogP contribution in [0.3, 0.4) is 0 Å². The Kier molecular flexibility index (Phi) is 7.40. The number of ether oxygens (including phenoxy) is 1. The normalized spacial score (nSPS) is 24.2. The highest BCUT2D eigenvalue weighted by Crippen LogP contribution is 2.53. The minimum atomic E-state index is 0.352. The molecule has 2 heterocycles. The highest BCUT2D eigenvalue weighted by Gasteiger charge is 2.40. The predicted molar refractivity (Wildman–Crippen MR) is 138 cm³/mol. The lowest BCUT2D eigenvalue weighted by atomic mass is 9.60. The fraction of sp³-hybridized carbons (Fsp3) is 0.750. The molecule has 0 aromatic heterocycles. The van der Waals surface area contributed by atoms with E-state index in [1.165, 1.54) is 36.2 Å². The standard InChI is InChI=1S/C28H45N3O2/c1-6-24(32)20-29-9-11-31(12-10-29)26-8-7-23(30-13-15-33-16-14-30)17-25(26)22-18-27(2,3)21-28(4,5)19-22/h7-8,17,22H,6,9-16,18-21H2,1-5H3. The SMILES string of the molecule is CCC(=O)CN1CCN(c2ccc(N3CCOCC3)cc2C2CC(C)(C)CC(C)(C)C2)CC1. The topological polar surface area (TPSA) is 36.0 Å². The lowest BCUT2D eigenvalue weighted by Crippen LogP contribution is -2.48. The summed E-state index contributed by atoms with van der Waals surface area (Å²) in [5, 5.41) is 0. The van der Waals surface area contributed by atoms with Crippen LogP contribution in [-0.2, 0) is 9.53 Å². The number of hydrogen-bond acceptors (Lipinski definition) is 5. The van der Waals surface area contributed by atoms with Crippen LogP contribution in [0, 0.1) is 10.8 Å². The molecular formula is C28H45N3O2. The van der Waals surface area contributed by atoms with Gasteiger partial charge in [-0.1, -0.05) is 34.6 Å². The van der Waals surface area contributed by atoms with Crippen molar-refractivity contribution in [3.63, 3.8) is 0 Å². The number of carbonyl (C=O) groups excluding carboxylic acids is 1. The summed E-state index contributed by atoms with van der Waals surface area (Å²) in [6, 6.07) is 7.23. The van der Waals surface area contributed by atoms with Crippen LogP contribution < -0.4 is 9.80 Å². The summed E-state index contributed by atoms with van der Waals surface area (Å²) < 4.78 is 5.61. The van der Waals surface area contributed by atoms with Gasteiger partial charge in [0.2, 0.25) is 0 Å². The molecule has 0 spiro atoms. The van der Waals surface area contributed by atoms with Gasteiger partial charge in [-0.3, -0.25) is 9.69 Å². The van der Waals surface area contributed by atoms with Gasteiger partial charge in [0.25, 0.3) is 0 Å². The third-order valence-corrected chi connectivity index (χ3v) is 7.89. The first-order chi connectivity index (χ1) is 15.7. The molecule has 1 aromatic rings. The summed E-state index contributed by atoms with van der Waals surface area (Å²) in [6.07, 6.45) is 4.43. The molecule has 2 saturated heterocycles. The molecular weight excluding hydrogens is 410 g/mol. The number of Topliss-reactive ketones (excluding diaryl/α,β-unsaturated/α-hetero) is 1. The van der Waals surface area contributed by atoms with Crippen LogP contribution in [0.5, 0.6) is 0 Å². The molecule has 1 aromatic carbocycles. The van der Waals surface area contributed by atoms with Gasteiger partial charge in [0.15, 0.2) is 0 Å². The van der Waals surface area contributed by atoms with Crippen LogP contribution in [0.1, 0.15) is 71.8 Å². The molecule has 4 rings (SSSR count). The Bertz CT molecular complexity index is 804. The zero-order valence-corrected chi connectivity index (χ0v) is 21.7. The first-order valence-electron chi connectivity index (χ1n) is 13.1.